The van der Waals surface area contributed by atoms with E-state index in [0.29, 0.717) is 17.9 Å². The summed E-state index contributed by atoms with van der Waals surface area (Å²) in [6, 6.07) is 4.82. The van der Waals surface area contributed by atoms with Gasteiger partial charge in [0, 0.05) is 20.6 Å². The van der Waals surface area contributed by atoms with Crippen LogP contribution in [0.1, 0.15) is 12.7 Å². The molecule has 2 rings (SSSR count). The fourth-order valence-electron chi connectivity index (χ4n) is 2.00. The van der Waals surface area contributed by atoms with Gasteiger partial charge in [-0.25, -0.2) is 17.7 Å². The van der Waals surface area contributed by atoms with Crippen LogP contribution in [0.2, 0.25) is 0 Å². The van der Waals surface area contributed by atoms with Crippen molar-refractivity contribution in [3.63, 3.8) is 0 Å². The van der Waals surface area contributed by atoms with Crippen molar-refractivity contribution in [1.29, 1.82) is 0 Å². The Balaban J connectivity index is 2.66. The first-order valence-corrected chi connectivity index (χ1v) is 7.38. The summed E-state index contributed by atoms with van der Waals surface area (Å²) in [5, 5.41) is 9.26. The second kappa shape index (κ2) is 4.92. The largest absolute Gasteiger partial charge is 0.388 e. The van der Waals surface area contributed by atoms with Crippen LogP contribution in [0.5, 0.6) is 0 Å². The van der Waals surface area contributed by atoms with Crippen LogP contribution in [0.3, 0.4) is 0 Å². The summed E-state index contributed by atoms with van der Waals surface area (Å²) in [7, 11) is -0.485. The van der Waals surface area contributed by atoms with Crippen molar-refractivity contribution < 1.29 is 13.5 Å². The maximum Gasteiger partial charge on any atom is 0.242 e. The van der Waals surface area contributed by atoms with Crippen molar-refractivity contribution in [2.45, 2.75) is 25.0 Å². The molecule has 1 aromatic heterocycles. The molecule has 0 unspecified atom stereocenters. The van der Waals surface area contributed by atoms with Gasteiger partial charge in [-0.1, -0.05) is 0 Å². The number of hydrogen-bond donors (Lipinski definition) is 1. The highest BCUT2D eigenvalue weighted by Gasteiger charge is 2.19. The van der Waals surface area contributed by atoms with Gasteiger partial charge in [0.1, 0.15) is 12.4 Å². The number of sulfonamides is 1. The lowest BCUT2D eigenvalue weighted by Crippen LogP contribution is -2.22. The molecule has 7 heteroatoms. The number of hydrogen-bond acceptors (Lipinski definition) is 4. The number of imidazole rings is 1. The van der Waals surface area contributed by atoms with Gasteiger partial charge >= 0.3 is 0 Å². The van der Waals surface area contributed by atoms with Gasteiger partial charge in [0.2, 0.25) is 10.0 Å². The molecule has 0 spiro atoms. The van der Waals surface area contributed by atoms with Crippen LogP contribution in [0.4, 0.5) is 0 Å². The van der Waals surface area contributed by atoms with E-state index in [1.54, 1.807) is 12.1 Å². The molecule has 2 aromatic rings. The van der Waals surface area contributed by atoms with Gasteiger partial charge in [-0.05, 0) is 25.1 Å². The molecule has 0 atom stereocenters. The van der Waals surface area contributed by atoms with Gasteiger partial charge in [0.15, 0.2) is 0 Å². The number of nitrogens with zero attached hydrogens (tertiary/aromatic N) is 3. The van der Waals surface area contributed by atoms with Crippen molar-refractivity contribution in [1.82, 2.24) is 13.9 Å². The van der Waals surface area contributed by atoms with E-state index >= 15 is 0 Å². The third-order valence-electron chi connectivity index (χ3n) is 3.03. The second-order valence-corrected chi connectivity index (χ2v) is 6.52. The Morgan fingerprint density at radius 3 is 2.58 bits per heavy atom. The number of aromatic nitrogens is 2. The minimum atomic E-state index is -3.46. The van der Waals surface area contributed by atoms with E-state index in [0.717, 1.165) is 9.82 Å². The van der Waals surface area contributed by atoms with E-state index in [-0.39, 0.29) is 11.5 Å². The molecule has 104 valence electrons. The zero-order valence-corrected chi connectivity index (χ0v) is 12.0. The number of rotatable bonds is 4. The van der Waals surface area contributed by atoms with Crippen molar-refractivity contribution in [2.75, 3.05) is 14.1 Å². The molecule has 0 bridgehead atoms. The Hall–Kier alpha value is -1.44. The molecular weight excluding hydrogens is 266 g/mol. The average Bonchev–Trinajstić information content (AvgIpc) is 2.74. The van der Waals surface area contributed by atoms with E-state index in [9.17, 15) is 13.5 Å². The molecule has 0 fully saturated rings. The summed E-state index contributed by atoms with van der Waals surface area (Å²) in [4.78, 5) is 4.47. The lowest BCUT2D eigenvalue weighted by atomic mass is 10.3. The lowest BCUT2D eigenvalue weighted by molar-refractivity contribution is 0.266. The first-order chi connectivity index (χ1) is 8.91. The summed E-state index contributed by atoms with van der Waals surface area (Å²) in [6.45, 7) is 2.45. The average molecular weight is 283 g/mol. The summed E-state index contributed by atoms with van der Waals surface area (Å²) in [5.74, 6) is 0.539. The van der Waals surface area contributed by atoms with Gasteiger partial charge < -0.3 is 9.67 Å². The number of fused-ring (bicyclic) bond motifs is 1. The van der Waals surface area contributed by atoms with Gasteiger partial charge in [-0.15, -0.1) is 0 Å². The number of benzene rings is 1. The Morgan fingerprint density at radius 2 is 2.05 bits per heavy atom. The highest BCUT2D eigenvalue weighted by Crippen LogP contribution is 2.22. The molecule has 0 radical (unpaired) electrons. The van der Waals surface area contributed by atoms with Crippen molar-refractivity contribution in [2.24, 2.45) is 0 Å². The van der Waals surface area contributed by atoms with Gasteiger partial charge in [-0.2, -0.15) is 0 Å². The third kappa shape index (κ3) is 2.24. The Labute approximate surface area is 112 Å². The summed E-state index contributed by atoms with van der Waals surface area (Å²) < 4.78 is 27.1. The molecule has 19 heavy (non-hydrogen) atoms. The van der Waals surface area contributed by atoms with Gasteiger partial charge in [0.05, 0.1) is 15.9 Å². The van der Waals surface area contributed by atoms with Crippen molar-refractivity contribution in [3.8, 4) is 0 Å². The maximum absolute atomic E-state index is 12.0. The highest BCUT2D eigenvalue weighted by molar-refractivity contribution is 7.89. The van der Waals surface area contributed by atoms with Crippen molar-refractivity contribution >= 4 is 21.1 Å². The Bertz CT molecular complexity index is 704. The smallest absolute Gasteiger partial charge is 0.242 e. The molecule has 0 amide bonds. The molecule has 0 aliphatic rings. The minimum Gasteiger partial charge on any atom is -0.388 e. The molecular formula is C12H17N3O3S. The fraction of sp³-hybridized carbons (Fsp3) is 0.417. The van der Waals surface area contributed by atoms with Crippen LogP contribution in [0.25, 0.3) is 11.0 Å². The first-order valence-electron chi connectivity index (χ1n) is 5.94. The van der Waals surface area contributed by atoms with Crippen LogP contribution >= 0.6 is 0 Å². The normalized spacial score (nSPS) is 12.5. The summed E-state index contributed by atoms with van der Waals surface area (Å²) >= 11 is 0. The van der Waals surface area contributed by atoms with Gasteiger partial charge in [0.25, 0.3) is 0 Å². The molecule has 0 aliphatic carbocycles. The first kappa shape index (κ1) is 14.0. The molecule has 0 aliphatic heterocycles. The maximum atomic E-state index is 12.0. The van der Waals surface area contributed by atoms with Crippen LogP contribution in [-0.2, 0) is 23.2 Å². The molecule has 0 saturated heterocycles. The van der Waals surface area contributed by atoms with Crippen LogP contribution in [-0.4, -0.2) is 41.5 Å². The van der Waals surface area contributed by atoms with E-state index in [2.05, 4.69) is 4.98 Å². The third-order valence-corrected chi connectivity index (χ3v) is 4.85. The quantitative estimate of drug-likeness (QED) is 0.900. The van der Waals surface area contributed by atoms with Gasteiger partial charge in [-0.3, -0.25) is 0 Å². The van der Waals surface area contributed by atoms with Crippen molar-refractivity contribution in [3.05, 3.63) is 24.0 Å². The predicted octanol–water partition coefficient (Wildman–Crippen LogP) is 0.799. The molecule has 1 N–H and O–H groups in total. The number of aryl methyl sites for hydroxylation is 1. The standard InChI is InChI=1S/C12H17N3O3S/c1-4-15-11-6-5-9(19(17,18)14(2)3)7-10(11)13-12(15)8-16/h5-7,16H,4,8H2,1-3H3. The zero-order chi connectivity index (χ0) is 14.2. The molecule has 0 saturated carbocycles. The SMILES string of the molecule is CCn1c(CO)nc2cc(S(=O)(=O)N(C)C)ccc21. The summed E-state index contributed by atoms with van der Waals surface area (Å²) in [6.07, 6.45) is 0. The Kier molecular flexibility index (Phi) is 3.62. The second-order valence-electron chi connectivity index (χ2n) is 4.37. The van der Waals surface area contributed by atoms with Crippen LogP contribution in [0, 0.1) is 0 Å². The van der Waals surface area contributed by atoms with E-state index in [4.69, 9.17) is 0 Å². The van der Waals surface area contributed by atoms with E-state index in [1.165, 1.54) is 20.2 Å². The fourth-order valence-corrected chi connectivity index (χ4v) is 2.93. The van der Waals surface area contributed by atoms with Crippen LogP contribution < -0.4 is 0 Å². The zero-order valence-electron chi connectivity index (χ0n) is 11.2. The topological polar surface area (TPSA) is 75.4 Å². The number of aliphatic hydroxyl groups is 1. The van der Waals surface area contributed by atoms with Crippen LogP contribution in [0.15, 0.2) is 23.1 Å². The van der Waals surface area contributed by atoms with E-state index in [1.807, 2.05) is 11.5 Å². The molecule has 1 heterocycles. The monoisotopic (exact) mass is 283 g/mol. The lowest BCUT2D eigenvalue weighted by Gasteiger charge is -2.11. The molecule has 6 nitrogen and oxygen atoms in total. The Morgan fingerprint density at radius 1 is 1.37 bits per heavy atom. The van der Waals surface area contributed by atoms with E-state index < -0.39 is 10.0 Å². The summed E-state index contributed by atoms with van der Waals surface area (Å²) in [5.41, 5.74) is 1.40. The number of aliphatic hydroxyl groups excluding tert-OH is 1. The molecule has 1 aromatic carbocycles. The predicted molar refractivity (Wildman–Crippen MR) is 72.2 cm³/mol. The minimum absolute atomic E-state index is 0.168. The highest BCUT2D eigenvalue weighted by atomic mass is 32.2.